The minimum Gasteiger partial charge on any atom is -0.445 e. The van der Waals surface area contributed by atoms with Crippen LogP contribution in [0.2, 0.25) is 0 Å². The van der Waals surface area contributed by atoms with Crippen molar-refractivity contribution in [2.45, 2.75) is 82.7 Å². The number of nitriles is 1. The number of piperidine rings is 2. The van der Waals surface area contributed by atoms with E-state index in [1.54, 1.807) is 4.90 Å². The van der Waals surface area contributed by atoms with Crippen molar-refractivity contribution in [2.75, 3.05) is 0 Å². The summed E-state index contributed by atoms with van der Waals surface area (Å²) in [4.78, 5) is 26.9. The molecular weight excluding hydrogens is 370 g/mol. The number of nitrogens with one attached hydrogen (secondary N) is 1. The maximum Gasteiger partial charge on any atom is 0.410 e. The van der Waals surface area contributed by atoms with Gasteiger partial charge in [-0.15, -0.1) is 0 Å². The predicted octanol–water partition coefficient (Wildman–Crippen LogP) is 4.13. The van der Waals surface area contributed by atoms with Gasteiger partial charge in [0.25, 0.3) is 0 Å². The molecule has 0 aliphatic carbocycles. The fourth-order valence-corrected chi connectivity index (χ4v) is 4.24. The lowest BCUT2D eigenvalue weighted by Gasteiger charge is -2.51. The Bertz CT molecular complexity index is 767. The lowest BCUT2D eigenvalue weighted by atomic mass is 9.74. The molecule has 0 radical (unpaired) electrons. The minimum absolute atomic E-state index is 0.133. The number of carbonyl (C=O) groups excluding carboxylic acids is 2. The Morgan fingerprint density at radius 2 is 1.83 bits per heavy atom. The molecule has 1 aromatic rings. The lowest BCUT2D eigenvalue weighted by molar-refractivity contribution is -0.0301. The summed E-state index contributed by atoms with van der Waals surface area (Å²) in [5.41, 5.74) is -0.735. The molecule has 2 heterocycles. The zero-order valence-electron chi connectivity index (χ0n) is 17.3. The maximum absolute atomic E-state index is 12.7. The molecule has 3 rings (SSSR count). The monoisotopic (exact) mass is 399 g/mol. The topological polar surface area (TPSA) is 91.7 Å². The number of benzene rings is 1. The quantitative estimate of drug-likeness (QED) is 0.825. The van der Waals surface area contributed by atoms with Gasteiger partial charge in [-0.05, 0) is 45.6 Å². The van der Waals surface area contributed by atoms with Crippen LogP contribution in [-0.4, -0.2) is 40.3 Å². The third-order valence-electron chi connectivity index (χ3n) is 5.40. The normalized spacial score (nSPS) is 26.2. The molecule has 2 amide bonds. The third kappa shape index (κ3) is 5.20. The molecule has 29 heavy (non-hydrogen) atoms. The Balaban J connectivity index is 1.66. The summed E-state index contributed by atoms with van der Waals surface area (Å²) < 4.78 is 10.9. The summed E-state index contributed by atoms with van der Waals surface area (Å²) in [7, 11) is 0. The average molecular weight is 399 g/mol. The molecule has 2 bridgehead atoms. The number of ether oxygens (including phenoxy) is 2. The van der Waals surface area contributed by atoms with Crippen molar-refractivity contribution in [3.8, 4) is 6.07 Å². The van der Waals surface area contributed by atoms with Gasteiger partial charge in [-0.2, -0.15) is 5.26 Å². The Kier molecular flexibility index (Phi) is 6.02. The van der Waals surface area contributed by atoms with Gasteiger partial charge in [0.05, 0.1) is 6.07 Å². The van der Waals surface area contributed by atoms with Crippen LogP contribution in [0.15, 0.2) is 30.3 Å². The number of hydrogen-bond acceptors (Lipinski definition) is 5. The fraction of sp³-hybridized carbons (Fsp3) is 0.591. The number of hydrogen-bond donors (Lipinski definition) is 1. The number of fused-ring (bicyclic) bond motifs is 2. The first kappa shape index (κ1) is 21.0. The van der Waals surface area contributed by atoms with Gasteiger partial charge in [0.15, 0.2) is 0 Å². The first-order valence-electron chi connectivity index (χ1n) is 10.1. The highest BCUT2D eigenvalue weighted by molar-refractivity contribution is 5.71. The van der Waals surface area contributed by atoms with Gasteiger partial charge in [0.2, 0.25) is 0 Å². The van der Waals surface area contributed by atoms with Crippen LogP contribution in [0, 0.1) is 11.3 Å². The van der Waals surface area contributed by atoms with Crippen molar-refractivity contribution in [3.63, 3.8) is 0 Å². The number of nitrogens with zero attached hydrogens (tertiary/aromatic N) is 2. The van der Waals surface area contributed by atoms with Gasteiger partial charge in [0.1, 0.15) is 17.7 Å². The summed E-state index contributed by atoms with van der Waals surface area (Å²) in [5, 5.41) is 12.7. The van der Waals surface area contributed by atoms with E-state index in [-0.39, 0.29) is 24.8 Å². The molecule has 0 spiro atoms. The van der Waals surface area contributed by atoms with Crippen molar-refractivity contribution >= 4 is 12.2 Å². The maximum atomic E-state index is 12.7. The van der Waals surface area contributed by atoms with Crippen LogP contribution in [0.3, 0.4) is 0 Å². The molecule has 1 N–H and O–H groups in total. The molecule has 2 atom stereocenters. The molecule has 2 aliphatic heterocycles. The van der Waals surface area contributed by atoms with Gasteiger partial charge >= 0.3 is 12.2 Å². The second kappa shape index (κ2) is 8.32. The highest BCUT2D eigenvalue weighted by Crippen LogP contribution is 2.40. The van der Waals surface area contributed by atoms with Gasteiger partial charge in [-0.25, -0.2) is 9.59 Å². The van der Waals surface area contributed by atoms with Crippen molar-refractivity contribution in [1.82, 2.24) is 10.2 Å². The van der Waals surface area contributed by atoms with Crippen LogP contribution in [0.5, 0.6) is 0 Å². The third-order valence-corrected chi connectivity index (χ3v) is 5.40. The van der Waals surface area contributed by atoms with Crippen LogP contribution in [0.25, 0.3) is 0 Å². The van der Waals surface area contributed by atoms with E-state index < -0.39 is 17.2 Å². The van der Waals surface area contributed by atoms with Crippen molar-refractivity contribution in [3.05, 3.63) is 35.9 Å². The van der Waals surface area contributed by atoms with Crippen molar-refractivity contribution < 1.29 is 19.1 Å². The molecule has 2 saturated heterocycles. The van der Waals surface area contributed by atoms with E-state index in [0.29, 0.717) is 12.8 Å². The fourth-order valence-electron chi connectivity index (χ4n) is 4.24. The largest absolute Gasteiger partial charge is 0.445 e. The SMILES string of the molecule is CC(C)(C)OC(=O)N1C2CCCC1CC(C#N)(NC(=O)OCc1ccccc1)C2. The molecule has 7 heteroatoms. The highest BCUT2D eigenvalue weighted by atomic mass is 16.6. The van der Waals surface area contributed by atoms with E-state index in [9.17, 15) is 14.9 Å². The Morgan fingerprint density at radius 1 is 1.21 bits per heavy atom. The van der Waals surface area contributed by atoms with Crippen LogP contribution in [-0.2, 0) is 16.1 Å². The van der Waals surface area contributed by atoms with Gasteiger partial charge < -0.3 is 19.7 Å². The summed E-state index contributed by atoms with van der Waals surface area (Å²) in [6, 6.07) is 11.4. The molecule has 2 aliphatic rings. The lowest BCUT2D eigenvalue weighted by Crippen LogP contribution is -2.64. The smallest absolute Gasteiger partial charge is 0.410 e. The van der Waals surface area contributed by atoms with Gasteiger partial charge in [0, 0.05) is 24.9 Å². The molecule has 0 saturated carbocycles. The molecule has 7 nitrogen and oxygen atoms in total. The molecule has 0 aromatic heterocycles. The summed E-state index contributed by atoms with van der Waals surface area (Å²) >= 11 is 0. The predicted molar refractivity (Wildman–Crippen MR) is 107 cm³/mol. The van der Waals surface area contributed by atoms with E-state index in [2.05, 4.69) is 11.4 Å². The zero-order chi connectivity index (χ0) is 21.1. The first-order valence-corrected chi connectivity index (χ1v) is 10.1. The van der Waals surface area contributed by atoms with E-state index >= 15 is 0 Å². The Hall–Kier alpha value is -2.75. The van der Waals surface area contributed by atoms with E-state index in [1.165, 1.54) is 0 Å². The summed E-state index contributed by atoms with van der Waals surface area (Å²) in [6.45, 7) is 5.67. The van der Waals surface area contributed by atoms with Gasteiger partial charge in [-0.3, -0.25) is 0 Å². The van der Waals surface area contributed by atoms with Crippen molar-refractivity contribution in [1.29, 1.82) is 5.26 Å². The standard InChI is InChI=1S/C22H29N3O4/c1-21(2,3)29-20(27)25-17-10-7-11-18(25)13-22(12-17,15-23)24-19(26)28-14-16-8-5-4-6-9-16/h4-6,8-9,17-18H,7,10-14H2,1-3H3,(H,24,26). The number of rotatable bonds is 3. The average Bonchev–Trinajstić information content (AvgIpc) is 2.65. The highest BCUT2D eigenvalue weighted by Gasteiger charge is 2.50. The second-order valence-electron chi connectivity index (χ2n) is 8.92. The van der Waals surface area contributed by atoms with E-state index in [1.807, 2.05) is 51.1 Å². The van der Waals surface area contributed by atoms with E-state index in [4.69, 9.17) is 9.47 Å². The first-order chi connectivity index (χ1) is 13.7. The van der Waals surface area contributed by atoms with Crippen LogP contribution in [0.1, 0.15) is 58.4 Å². The molecule has 2 fully saturated rings. The minimum atomic E-state index is -1.04. The molecular formula is C22H29N3O4. The second-order valence-corrected chi connectivity index (χ2v) is 8.92. The molecule has 1 aromatic carbocycles. The number of amides is 2. The van der Waals surface area contributed by atoms with Crippen LogP contribution in [0.4, 0.5) is 9.59 Å². The number of alkyl carbamates (subject to hydrolysis) is 1. The molecule has 156 valence electrons. The van der Waals surface area contributed by atoms with Crippen LogP contribution >= 0.6 is 0 Å². The van der Waals surface area contributed by atoms with E-state index in [0.717, 1.165) is 24.8 Å². The molecule has 2 unspecified atom stereocenters. The number of carbonyl (C=O) groups is 2. The zero-order valence-corrected chi connectivity index (χ0v) is 17.3. The van der Waals surface area contributed by atoms with Crippen molar-refractivity contribution in [2.24, 2.45) is 0 Å². The van der Waals surface area contributed by atoms with Crippen LogP contribution < -0.4 is 5.32 Å². The van der Waals surface area contributed by atoms with Gasteiger partial charge in [-0.1, -0.05) is 30.3 Å². The Morgan fingerprint density at radius 3 is 2.38 bits per heavy atom. The summed E-state index contributed by atoms with van der Waals surface area (Å²) in [5.74, 6) is 0. The Labute approximate surface area is 172 Å². The summed E-state index contributed by atoms with van der Waals surface area (Å²) in [6.07, 6.45) is 2.37.